The Balaban J connectivity index is 1.48. The zero-order valence-electron chi connectivity index (χ0n) is 18.7. The van der Waals surface area contributed by atoms with Crippen LogP contribution < -0.4 is 0 Å². The highest BCUT2D eigenvalue weighted by Crippen LogP contribution is 2.64. The third kappa shape index (κ3) is 3.62. The molecule has 4 aliphatic rings. The van der Waals surface area contributed by atoms with Gasteiger partial charge in [0.05, 0.1) is 12.2 Å². The maximum atomic E-state index is 10.9. The van der Waals surface area contributed by atoms with Crippen LogP contribution in [0.4, 0.5) is 0 Å². The van der Waals surface area contributed by atoms with Gasteiger partial charge in [-0.3, -0.25) is 0 Å². The van der Waals surface area contributed by atoms with Crippen molar-refractivity contribution in [2.24, 2.45) is 46.8 Å². The fourth-order valence-electron chi connectivity index (χ4n) is 8.19. The van der Waals surface area contributed by atoms with Crippen molar-refractivity contribution in [3.8, 4) is 0 Å². The van der Waals surface area contributed by atoms with Crippen molar-refractivity contribution in [1.29, 1.82) is 0 Å². The Morgan fingerprint density at radius 3 is 2.57 bits per heavy atom. The minimum absolute atomic E-state index is 0.0862. The Hall–Kier alpha value is -0.340. The summed E-state index contributed by atoms with van der Waals surface area (Å²) in [5.74, 6) is 5.14. The highest BCUT2D eigenvalue weighted by molar-refractivity contribution is 5.20. The number of fused-ring (bicyclic) bond motifs is 5. The van der Waals surface area contributed by atoms with Crippen molar-refractivity contribution in [1.82, 2.24) is 0 Å². The molecule has 4 aliphatic carbocycles. The molecule has 0 amide bonds. The zero-order valence-corrected chi connectivity index (χ0v) is 18.7. The molecule has 0 aromatic carbocycles. The number of hydrogen-bond donors (Lipinski definition) is 2. The van der Waals surface area contributed by atoms with Crippen LogP contribution in [0.15, 0.2) is 11.6 Å². The highest BCUT2D eigenvalue weighted by Gasteiger charge is 2.57. The number of aliphatic hydroxyl groups is 2. The fourth-order valence-corrected chi connectivity index (χ4v) is 8.19. The van der Waals surface area contributed by atoms with Gasteiger partial charge in [-0.05, 0) is 111 Å². The van der Waals surface area contributed by atoms with E-state index in [1.54, 1.807) is 5.57 Å². The molecule has 160 valence electrons. The number of rotatable bonds is 5. The van der Waals surface area contributed by atoms with Crippen LogP contribution in [0.3, 0.4) is 0 Å². The van der Waals surface area contributed by atoms with Crippen LogP contribution >= 0.6 is 0 Å². The third-order valence-corrected chi connectivity index (χ3v) is 9.77. The Morgan fingerprint density at radius 2 is 1.82 bits per heavy atom. The Kier molecular flexibility index (Phi) is 6.02. The second-order valence-electron chi connectivity index (χ2n) is 11.6. The lowest BCUT2D eigenvalue weighted by Crippen LogP contribution is -2.47. The molecule has 3 fully saturated rings. The molecule has 0 spiro atoms. The van der Waals surface area contributed by atoms with Crippen LogP contribution in [-0.4, -0.2) is 22.4 Å². The molecular weight excluding hydrogens is 344 g/mol. The van der Waals surface area contributed by atoms with Crippen LogP contribution in [0.5, 0.6) is 0 Å². The van der Waals surface area contributed by atoms with Gasteiger partial charge < -0.3 is 10.2 Å². The normalized spacial score (nSPS) is 45.0. The van der Waals surface area contributed by atoms with Gasteiger partial charge in [0.15, 0.2) is 0 Å². The molecule has 0 bridgehead atoms. The summed E-state index contributed by atoms with van der Waals surface area (Å²) in [5, 5.41) is 21.0. The summed E-state index contributed by atoms with van der Waals surface area (Å²) in [5.41, 5.74) is 2.02. The molecule has 3 saturated carbocycles. The monoisotopic (exact) mass is 388 g/mol. The molecule has 28 heavy (non-hydrogen) atoms. The lowest BCUT2D eigenvalue weighted by molar-refractivity contribution is -0.0473. The Bertz CT molecular complexity index is 581. The van der Waals surface area contributed by atoms with E-state index in [1.807, 2.05) is 0 Å². The summed E-state index contributed by atoms with van der Waals surface area (Å²) in [6.07, 6.45) is 14.3. The van der Waals surface area contributed by atoms with E-state index >= 15 is 0 Å². The van der Waals surface area contributed by atoms with Gasteiger partial charge in [-0.15, -0.1) is 0 Å². The van der Waals surface area contributed by atoms with Gasteiger partial charge >= 0.3 is 0 Å². The zero-order chi connectivity index (χ0) is 20.1. The van der Waals surface area contributed by atoms with Crippen molar-refractivity contribution >= 4 is 0 Å². The topological polar surface area (TPSA) is 40.5 Å². The minimum atomic E-state index is -0.126. The lowest BCUT2D eigenvalue weighted by atomic mass is 9.51. The quantitative estimate of drug-likeness (QED) is 0.570. The van der Waals surface area contributed by atoms with E-state index in [0.29, 0.717) is 23.2 Å². The van der Waals surface area contributed by atoms with Crippen molar-refractivity contribution in [2.75, 3.05) is 0 Å². The maximum absolute atomic E-state index is 10.9. The van der Waals surface area contributed by atoms with Gasteiger partial charge in [-0.2, -0.15) is 0 Å². The van der Waals surface area contributed by atoms with E-state index < -0.39 is 0 Å². The van der Waals surface area contributed by atoms with Crippen LogP contribution in [0.2, 0.25) is 0 Å². The van der Waals surface area contributed by atoms with Crippen molar-refractivity contribution in [3.63, 3.8) is 0 Å². The minimum Gasteiger partial charge on any atom is -0.393 e. The standard InChI is InChI=1S/C26H44O2/c1-16(2)5-12-25(28)17(3)23-10-11-24-22-8-6-18-15-19(27)7-9-20(18)21(22)13-14-26(23,24)4/h6,16-17,19-25,27-28H,5,7-15H2,1-4H3/t17?,19?,20?,21?,22?,23-,24?,25?,26?/m1/s1. The molecule has 9 atom stereocenters. The number of aliphatic hydroxyl groups excluding tert-OH is 2. The van der Waals surface area contributed by atoms with Crippen LogP contribution in [-0.2, 0) is 0 Å². The van der Waals surface area contributed by atoms with Crippen LogP contribution in [0.25, 0.3) is 0 Å². The summed E-state index contributed by atoms with van der Waals surface area (Å²) >= 11 is 0. The van der Waals surface area contributed by atoms with Crippen molar-refractivity contribution in [2.45, 2.75) is 104 Å². The molecule has 0 aromatic rings. The summed E-state index contributed by atoms with van der Waals surface area (Å²) in [6.45, 7) is 9.46. The molecule has 4 rings (SSSR count). The molecule has 0 aliphatic heterocycles. The molecular formula is C26H44O2. The first-order chi connectivity index (χ1) is 13.3. The van der Waals surface area contributed by atoms with Crippen molar-refractivity contribution in [3.05, 3.63) is 11.6 Å². The van der Waals surface area contributed by atoms with E-state index in [2.05, 4.69) is 33.8 Å². The lowest BCUT2D eigenvalue weighted by Gasteiger charge is -2.54. The number of hydrogen-bond acceptors (Lipinski definition) is 2. The van der Waals surface area contributed by atoms with E-state index in [0.717, 1.165) is 49.4 Å². The molecule has 2 N–H and O–H groups in total. The highest BCUT2D eigenvalue weighted by atomic mass is 16.3. The molecule has 0 aromatic heterocycles. The van der Waals surface area contributed by atoms with Crippen LogP contribution in [0.1, 0.15) is 91.9 Å². The number of allylic oxidation sites excluding steroid dienone is 1. The third-order valence-electron chi connectivity index (χ3n) is 9.77. The van der Waals surface area contributed by atoms with E-state index in [9.17, 15) is 10.2 Å². The van der Waals surface area contributed by atoms with Crippen LogP contribution in [0, 0.1) is 46.8 Å². The molecule has 2 nitrogen and oxygen atoms in total. The first-order valence-corrected chi connectivity index (χ1v) is 12.4. The molecule has 0 radical (unpaired) electrons. The summed E-state index contributed by atoms with van der Waals surface area (Å²) in [6, 6.07) is 0. The Labute approximate surface area is 173 Å². The molecule has 8 unspecified atom stereocenters. The SMILES string of the molecule is CC(C)CCC(O)C(C)[C@H]1CCC2C3CC=C4CC(O)CCC4C3CCC21C. The first kappa shape index (κ1) is 20.9. The average molecular weight is 389 g/mol. The Morgan fingerprint density at radius 1 is 1.04 bits per heavy atom. The first-order valence-electron chi connectivity index (χ1n) is 12.4. The second-order valence-corrected chi connectivity index (χ2v) is 11.6. The van der Waals surface area contributed by atoms with E-state index in [1.165, 1.54) is 38.5 Å². The largest absolute Gasteiger partial charge is 0.393 e. The van der Waals surface area contributed by atoms with E-state index in [4.69, 9.17) is 0 Å². The van der Waals surface area contributed by atoms with E-state index in [-0.39, 0.29) is 12.2 Å². The fraction of sp³-hybridized carbons (Fsp3) is 0.923. The predicted molar refractivity (Wildman–Crippen MR) is 116 cm³/mol. The summed E-state index contributed by atoms with van der Waals surface area (Å²) in [4.78, 5) is 0. The van der Waals surface area contributed by atoms with Gasteiger partial charge in [0.1, 0.15) is 0 Å². The predicted octanol–water partition coefficient (Wildman–Crippen LogP) is 5.97. The van der Waals surface area contributed by atoms with Gasteiger partial charge in [-0.25, -0.2) is 0 Å². The van der Waals surface area contributed by atoms with Gasteiger partial charge in [-0.1, -0.05) is 39.3 Å². The molecule has 0 saturated heterocycles. The second kappa shape index (κ2) is 8.06. The summed E-state index contributed by atoms with van der Waals surface area (Å²) < 4.78 is 0. The van der Waals surface area contributed by atoms with Gasteiger partial charge in [0.25, 0.3) is 0 Å². The summed E-state index contributed by atoms with van der Waals surface area (Å²) in [7, 11) is 0. The van der Waals surface area contributed by atoms with Gasteiger partial charge in [0, 0.05) is 0 Å². The molecule has 2 heteroatoms. The smallest absolute Gasteiger partial charge is 0.0577 e. The van der Waals surface area contributed by atoms with Gasteiger partial charge in [0.2, 0.25) is 0 Å². The maximum Gasteiger partial charge on any atom is 0.0577 e. The average Bonchev–Trinajstić information content (AvgIpc) is 3.02. The van der Waals surface area contributed by atoms with Crippen molar-refractivity contribution < 1.29 is 10.2 Å². The molecule has 0 heterocycles.